The molecule has 0 saturated carbocycles. The summed E-state index contributed by atoms with van der Waals surface area (Å²) < 4.78 is 12.7. The number of benzene rings is 1. The van der Waals surface area contributed by atoms with Gasteiger partial charge in [0, 0.05) is 5.56 Å². The van der Waals surface area contributed by atoms with Crippen LogP contribution in [0.5, 0.6) is 0 Å². The lowest BCUT2D eigenvalue weighted by Gasteiger charge is -2.00. The topological polar surface area (TPSA) is 51.8 Å². The second kappa shape index (κ2) is 4.67. The predicted octanol–water partition coefficient (Wildman–Crippen LogP) is 2.75. The zero-order chi connectivity index (χ0) is 11.5. The van der Waals surface area contributed by atoms with Crippen molar-refractivity contribution in [1.82, 2.24) is 10.2 Å². The number of hydrogen-bond donors (Lipinski definition) is 1. The highest BCUT2D eigenvalue weighted by Gasteiger charge is 2.11. The fourth-order valence-corrected chi connectivity index (χ4v) is 2.20. The molecule has 2 aromatic rings. The minimum absolute atomic E-state index is 0.0632. The van der Waals surface area contributed by atoms with Crippen LogP contribution in [-0.4, -0.2) is 10.2 Å². The molecule has 0 fully saturated rings. The summed E-state index contributed by atoms with van der Waals surface area (Å²) in [5.74, 6) is -0.251. The number of nitrogens with zero attached hydrogens (tertiary/aromatic N) is 2. The van der Waals surface area contributed by atoms with Gasteiger partial charge in [0.15, 0.2) is 0 Å². The molecule has 1 unspecified atom stereocenters. The Bertz CT molecular complexity index is 466. The summed E-state index contributed by atoms with van der Waals surface area (Å²) in [5.41, 5.74) is 6.73. The Morgan fingerprint density at radius 1 is 1.31 bits per heavy atom. The number of hydrogen-bond acceptors (Lipinski definition) is 4. The third-order valence-electron chi connectivity index (χ3n) is 2.29. The van der Waals surface area contributed by atoms with Crippen molar-refractivity contribution in [3.05, 3.63) is 35.1 Å². The molecule has 16 heavy (non-hydrogen) atoms. The number of nitrogens with two attached hydrogens (primary N) is 1. The first-order valence-corrected chi connectivity index (χ1v) is 5.87. The molecule has 5 heteroatoms. The first kappa shape index (κ1) is 11.2. The van der Waals surface area contributed by atoms with Crippen LogP contribution in [0.2, 0.25) is 0 Å². The highest BCUT2D eigenvalue weighted by atomic mass is 32.1. The third-order valence-corrected chi connectivity index (χ3v) is 3.39. The third kappa shape index (κ3) is 2.25. The molecule has 1 aromatic carbocycles. The molecule has 84 valence electrons. The van der Waals surface area contributed by atoms with Crippen LogP contribution in [0.25, 0.3) is 10.6 Å². The van der Waals surface area contributed by atoms with Crippen LogP contribution in [0.3, 0.4) is 0 Å². The Labute approximate surface area is 97.1 Å². The molecular formula is C11H12FN3S. The molecule has 1 atom stereocenters. The van der Waals surface area contributed by atoms with E-state index in [1.807, 2.05) is 6.92 Å². The van der Waals surface area contributed by atoms with E-state index < -0.39 is 0 Å². The van der Waals surface area contributed by atoms with Gasteiger partial charge < -0.3 is 5.73 Å². The standard InChI is InChI=1S/C11H12FN3S/c1-2-9(13)11-15-14-10(16-11)7-3-5-8(12)6-4-7/h3-6,9H,2,13H2,1H3. The van der Waals surface area contributed by atoms with E-state index in [1.165, 1.54) is 23.5 Å². The van der Waals surface area contributed by atoms with E-state index in [0.29, 0.717) is 0 Å². The average Bonchev–Trinajstić information content (AvgIpc) is 2.78. The molecule has 1 aromatic heterocycles. The lowest BCUT2D eigenvalue weighted by molar-refractivity contribution is 0.628. The maximum absolute atomic E-state index is 12.7. The summed E-state index contributed by atoms with van der Waals surface area (Å²) in [6.07, 6.45) is 0.831. The smallest absolute Gasteiger partial charge is 0.147 e. The van der Waals surface area contributed by atoms with Gasteiger partial charge in [-0.1, -0.05) is 18.3 Å². The van der Waals surface area contributed by atoms with E-state index in [0.717, 1.165) is 22.0 Å². The van der Waals surface area contributed by atoms with Crippen LogP contribution in [0.15, 0.2) is 24.3 Å². The van der Waals surface area contributed by atoms with E-state index in [2.05, 4.69) is 10.2 Å². The van der Waals surface area contributed by atoms with Gasteiger partial charge in [0.2, 0.25) is 0 Å². The SMILES string of the molecule is CCC(N)c1nnc(-c2ccc(F)cc2)s1. The van der Waals surface area contributed by atoms with Crippen molar-refractivity contribution < 1.29 is 4.39 Å². The minimum Gasteiger partial charge on any atom is -0.322 e. The fraction of sp³-hybridized carbons (Fsp3) is 0.273. The largest absolute Gasteiger partial charge is 0.322 e. The van der Waals surface area contributed by atoms with Gasteiger partial charge in [0.05, 0.1) is 6.04 Å². The molecule has 3 nitrogen and oxygen atoms in total. The minimum atomic E-state index is -0.251. The van der Waals surface area contributed by atoms with Crippen molar-refractivity contribution in [3.8, 4) is 10.6 Å². The molecule has 2 rings (SSSR count). The summed E-state index contributed by atoms with van der Waals surface area (Å²) in [5, 5.41) is 9.68. The van der Waals surface area contributed by atoms with Crippen molar-refractivity contribution in [1.29, 1.82) is 0 Å². The van der Waals surface area contributed by atoms with Gasteiger partial charge in [-0.2, -0.15) is 0 Å². The predicted molar refractivity (Wildman–Crippen MR) is 62.5 cm³/mol. The summed E-state index contributed by atoms with van der Waals surface area (Å²) in [6.45, 7) is 2.00. The molecule has 0 aliphatic rings. The quantitative estimate of drug-likeness (QED) is 0.893. The molecule has 1 heterocycles. The summed E-state index contributed by atoms with van der Waals surface area (Å²) >= 11 is 1.45. The lowest BCUT2D eigenvalue weighted by atomic mass is 10.2. The Balaban J connectivity index is 2.28. The van der Waals surface area contributed by atoms with Crippen LogP contribution in [0, 0.1) is 5.82 Å². The van der Waals surface area contributed by atoms with Crippen LogP contribution in [0.4, 0.5) is 4.39 Å². The maximum atomic E-state index is 12.7. The zero-order valence-corrected chi connectivity index (χ0v) is 9.67. The van der Waals surface area contributed by atoms with Gasteiger partial charge in [-0.15, -0.1) is 10.2 Å². The van der Waals surface area contributed by atoms with Crippen molar-refractivity contribution >= 4 is 11.3 Å². The maximum Gasteiger partial charge on any atom is 0.147 e. The van der Waals surface area contributed by atoms with Crippen LogP contribution < -0.4 is 5.73 Å². The Morgan fingerprint density at radius 3 is 2.62 bits per heavy atom. The second-order valence-electron chi connectivity index (χ2n) is 3.47. The molecule has 0 amide bonds. The Hall–Kier alpha value is -1.33. The number of rotatable bonds is 3. The van der Waals surface area contributed by atoms with E-state index in [4.69, 9.17) is 5.73 Å². The van der Waals surface area contributed by atoms with E-state index in [1.54, 1.807) is 12.1 Å². The average molecular weight is 237 g/mol. The highest BCUT2D eigenvalue weighted by molar-refractivity contribution is 7.14. The normalized spacial score (nSPS) is 12.7. The van der Waals surface area contributed by atoms with E-state index >= 15 is 0 Å². The van der Waals surface area contributed by atoms with Crippen LogP contribution in [0.1, 0.15) is 24.4 Å². The highest BCUT2D eigenvalue weighted by Crippen LogP contribution is 2.26. The van der Waals surface area contributed by atoms with Gasteiger partial charge in [-0.25, -0.2) is 4.39 Å². The van der Waals surface area contributed by atoms with E-state index in [9.17, 15) is 4.39 Å². The second-order valence-corrected chi connectivity index (χ2v) is 4.48. The van der Waals surface area contributed by atoms with Crippen LogP contribution in [-0.2, 0) is 0 Å². The molecular weight excluding hydrogens is 225 g/mol. The van der Waals surface area contributed by atoms with E-state index in [-0.39, 0.29) is 11.9 Å². The fourth-order valence-electron chi connectivity index (χ4n) is 1.27. The van der Waals surface area contributed by atoms with Gasteiger partial charge in [0.25, 0.3) is 0 Å². The Kier molecular flexibility index (Phi) is 3.26. The molecule has 0 aliphatic heterocycles. The van der Waals surface area contributed by atoms with Crippen LogP contribution >= 0.6 is 11.3 Å². The summed E-state index contributed by atoms with van der Waals surface area (Å²) in [6, 6.07) is 6.15. The molecule has 0 saturated heterocycles. The summed E-state index contributed by atoms with van der Waals surface area (Å²) in [7, 11) is 0. The monoisotopic (exact) mass is 237 g/mol. The number of aromatic nitrogens is 2. The van der Waals surface area contributed by atoms with Gasteiger partial charge in [-0.05, 0) is 30.7 Å². The first-order valence-electron chi connectivity index (χ1n) is 5.05. The zero-order valence-electron chi connectivity index (χ0n) is 8.85. The van der Waals surface area contributed by atoms with Crippen molar-refractivity contribution in [2.75, 3.05) is 0 Å². The molecule has 2 N–H and O–H groups in total. The molecule has 0 spiro atoms. The lowest BCUT2D eigenvalue weighted by Crippen LogP contribution is -2.07. The van der Waals surface area contributed by atoms with Crippen molar-refractivity contribution in [2.24, 2.45) is 5.73 Å². The molecule has 0 bridgehead atoms. The van der Waals surface area contributed by atoms with Gasteiger partial charge in [-0.3, -0.25) is 0 Å². The van der Waals surface area contributed by atoms with Crippen molar-refractivity contribution in [3.63, 3.8) is 0 Å². The van der Waals surface area contributed by atoms with Crippen molar-refractivity contribution in [2.45, 2.75) is 19.4 Å². The number of halogens is 1. The molecule has 0 radical (unpaired) electrons. The summed E-state index contributed by atoms with van der Waals surface area (Å²) in [4.78, 5) is 0. The van der Waals surface area contributed by atoms with Gasteiger partial charge in [0.1, 0.15) is 15.8 Å². The van der Waals surface area contributed by atoms with Gasteiger partial charge >= 0.3 is 0 Å². The Morgan fingerprint density at radius 2 is 2.00 bits per heavy atom. The molecule has 0 aliphatic carbocycles. The first-order chi connectivity index (χ1) is 7.70.